The fourth-order valence-electron chi connectivity index (χ4n) is 1.37. The Morgan fingerprint density at radius 1 is 1.33 bits per heavy atom. The molecule has 1 heterocycles. The number of amides is 1. The highest BCUT2D eigenvalue weighted by Gasteiger charge is 2.18. The van der Waals surface area contributed by atoms with Gasteiger partial charge in [0.15, 0.2) is 0 Å². The number of aliphatic carboxylic acids is 1. The number of carboxylic acids is 1. The largest absolute Gasteiger partial charge is 0.480 e. The van der Waals surface area contributed by atoms with Crippen molar-refractivity contribution in [3.63, 3.8) is 0 Å². The Morgan fingerprint density at radius 3 is 2.44 bits per heavy atom. The molecule has 0 aromatic carbocycles. The van der Waals surface area contributed by atoms with Crippen LogP contribution in [0.2, 0.25) is 0 Å². The van der Waals surface area contributed by atoms with Crippen molar-refractivity contribution < 1.29 is 14.7 Å². The van der Waals surface area contributed by atoms with Crippen molar-refractivity contribution in [2.24, 2.45) is 0 Å². The second kappa shape index (κ2) is 5.48. The van der Waals surface area contributed by atoms with Crippen LogP contribution in [0.5, 0.6) is 0 Å². The summed E-state index contributed by atoms with van der Waals surface area (Å²) in [6, 6.07) is 2.59. The van der Waals surface area contributed by atoms with Gasteiger partial charge in [-0.05, 0) is 19.1 Å². The van der Waals surface area contributed by atoms with E-state index in [0.717, 1.165) is 0 Å². The molecule has 1 atom stereocenters. The Balaban J connectivity index is 3.02. The van der Waals surface area contributed by atoms with Crippen molar-refractivity contribution in [3.8, 4) is 0 Å². The van der Waals surface area contributed by atoms with Gasteiger partial charge in [0.2, 0.25) is 0 Å². The highest BCUT2D eigenvalue weighted by Crippen LogP contribution is 2.16. The minimum Gasteiger partial charge on any atom is -0.480 e. The Hall–Kier alpha value is -2.11. The molecule has 1 unspecified atom stereocenters. The Bertz CT molecular complexity index is 460. The molecule has 0 saturated heterocycles. The summed E-state index contributed by atoms with van der Waals surface area (Å²) in [6.45, 7) is 1.58. The molecule has 1 aromatic heterocycles. The number of anilines is 1. The number of carbonyl (C=O) groups is 2. The number of likely N-dealkylation sites (N-methyl/N-ethyl adjacent to an activating group) is 1. The van der Waals surface area contributed by atoms with Gasteiger partial charge in [-0.1, -0.05) is 0 Å². The molecule has 1 aromatic rings. The first-order valence-corrected chi connectivity index (χ1v) is 5.48. The summed E-state index contributed by atoms with van der Waals surface area (Å²) in [7, 11) is 4.94. The number of aromatic nitrogens is 1. The smallest absolute Gasteiger partial charge is 0.326 e. The average molecular weight is 251 g/mol. The highest BCUT2D eigenvalue weighted by atomic mass is 16.4. The van der Waals surface area contributed by atoms with Gasteiger partial charge in [-0.25, -0.2) is 4.79 Å². The SMILES string of the molecule is CC(C(=O)O)N(C)c1ccnc(C(=O)N(C)C)c1. The van der Waals surface area contributed by atoms with E-state index >= 15 is 0 Å². The molecule has 0 radical (unpaired) electrons. The zero-order valence-electron chi connectivity index (χ0n) is 10.9. The van der Waals surface area contributed by atoms with Crippen molar-refractivity contribution >= 4 is 17.6 Å². The lowest BCUT2D eigenvalue weighted by molar-refractivity contribution is -0.138. The zero-order chi connectivity index (χ0) is 13.9. The van der Waals surface area contributed by atoms with E-state index in [0.29, 0.717) is 11.4 Å². The fourth-order valence-corrected chi connectivity index (χ4v) is 1.37. The summed E-state index contributed by atoms with van der Waals surface area (Å²) >= 11 is 0. The summed E-state index contributed by atoms with van der Waals surface area (Å²) < 4.78 is 0. The van der Waals surface area contributed by atoms with Crippen LogP contribution in [0, 0.1) is 0 Å². The van der Waals surface area contributed by atoms with Crippen LogP contribution in [0.4, 0.5) is 5.69 Å². The van der Waals surface area contributed by atoms with Crippen LogP contribution < -0.4 is 4.90 Å². The van der Waals surface area contributed by atoms with Gasteiger partial charge in [-0.15, -0.1) is 0 Å². The maximum atomic E-state index is 11.8. The lowest BCUT2D eigenvalue weighted by Gasteiger charge is -2.24. The number of rotatable bonds is 4. The summed E-state index contributed by atoms with van der Waals surface area (Å²) in [5.41, 5.74) is 0.937. The van der Waals surface area contributed by atoms with E-state index in [1.807, 2.05) is 0 Å². The molecule has 18 heavy (non-hydrogen) atoms. The van der Waals surface area contributed by atoms with Gasteiger partial charge >= 0.3 is 5.97 Å². The Labute approximate surface area is 106 Å². The first-order chi connectivity index (χ1) is 8.34. The van der Waals surface area contributed by atoms with Crippen LogP contribution in [0.3, 0.4) is 0 Å². The molecular formula is C12H17N3O3. The number of pyridine rings is 1. The van der Waals surface area contributed by atoms with Crippen molar-refractivity contribution in [1.29, 1.82) is 0 Å². The lowest BCUT2D eigenvalue weighted by atomic mass is 10.2. The van der Waals surface area contributed by atoms with E-state index in [9.17, 15) is 9.59 Å². The number of carboxylic acid groups (broad SMARTS) is 1. The molecule has 0 saturated carbocycles. The normalized spacial score (nSPS) is 11.8. The summed E-state index contributed by atoms with van der Waals surface area (Å²) in [4.78, 5) is 29.6. The number of nitrogens with zero attached hydrogens (tertiary/aromatic N) is 3. The van der Waals surface area contributed by atoms with Crippen molar-refractivity contribution in [2.45, 2.75) is 13.0 Å². The van der Waals surface area contributed by atoms with Gasteiger partial charge < -0.3 is 14.9 Å². The van der Waals surface area contributed by atoms with E-state index in [1.165, 1.54) is 11.1 Å². The van der Waals surface area contributed by atoms with Crippen molar-refractivity contribution in [1.82, 2.24) is 9.88 Å². The topological polar surface area (TPSA) is 73.7 Å². The predicted octanol–water partition coefficient (Wildman–Crippen LogP) is 0.693. The quantitative estimate of drug-likeness (QED) is 0.852. The maximum Gasteiger partial charge on any atom is 0.326 e. The van der Waals surface area contributed by atoms with Crippen LogP contribution >= 0.6 is 0 Å². The lowest BCUT2D eigenvalue weighted by Crippen LogP contribution is -2.36. The molecule has 0 spiro atoms. The summed E-state index contributed by atoms with van der Waals surface area (Å²) in [5.74, 6) is -1.14. The minimum atomic E-state index is -0.921. The summed E-state index contributed by atoms with van der Waals surface area (Å²) in [5, 5.41) is 8.95. The molecule has 1 N–H and O–H groups in total. The number of carbonyl (C=O) groups excluding carboxylic acids is 1. The molecule has 6 nitrogen and oxygen atoms in total. The predicted molar refractivity (Wildman–Crippen MR) is 67.8 cm³/mol. The Morgan fingerprint density at radius 2 is 1.94 bits per heavy atom. The highest BCUT2D eigenvalue weighted by molar-refractivity contribution is 5.93. The summed E-state index contributed by atoms with van der Waals surface area (Å²) in [6.07, 6.45) is 1.50. The van der Waals surface area contributed by atoms with E-state index in [1.54, 1.807) is 45.1 Å². The van der Waals surface area contributed by atoms with E-state index in [2.05, 4.69) is 4.98 Å². The fraction of sp³-hybridized carbons (Fsp3) is 0.417. The molecule has 98 valence electrons. The molecule has 0 bridgehead atoms. The van der Waals surface area contributed by atoms with Gasteiger partial charge in [0.05, 0.1) is 0 Å². The second-order valence-corrected chi connectivity index (χ2v) is 4.22. The van der Waals surface area contributed by atoms with Crippen LogP contribution in [-0.2, 0) is 4.79 Å². The van der Waals surface area contributed by atoms with E-state index < -0.39 is 12.0 Å². The van der Waals surface area contributed by atoms with E-state index in [4.69, 9.17) is 5.11 Å². The molecule has 1 amide bonds. The molecule has 0 fully saturated rings. The van der Waals surface area contributed by atoms with Gasteiger partial charge in [0.1, 0.15) is 11.7 Å². The molecule has 0 aliphatic rings. The molecule has 0 aliphatic heterocycles. The van der Waals surface area contributed by atoms with Crippen LogP contribution in [-0.4, -0.2) is 54.1 Å². The molecule has 0 aliphatic carbocycles. The monoisotopic (exact) mass is 251 g/mol. The Kier molecular flexibility index (Phi) is 4.25. The molecule has 1 rings (SSSR count). The van der Waals surface area contributed by atoms with Gasteiger partial charge in [-0.2, -0.15) is 0 Å². The first-order valence-electron chi connectivity index (χ1n) is 5.48. The van der Waals surface area contributed by atoms with Gasteiger partial charge in [0, 0.05) is 33.0 Å². The van der Waals surface area contributed by atoms with Crippen molar-refractivity contribution in [3.05, 3.63) is 24.0 Å². The third-order valence-corrected chi connectivity index (χ3v) is 2.71. The van der Waals surface area contributed by atoms with Crippen LogP contribution in [0.25, 0.3) is 0 Å². The van der Waals surface area contributed by atoms with Gasteiger partial charge in [-0.3, -0.25) is 9.78 Å². The maximum absolute atomic E-state index is 11.8. The minimum absolute atomic E-state index is 0.215. The third kappa shape index (κ3) is 2.97. The van der Waals surface area contributed by atoms with Crippen LogP contribution in [0.15, 0.2) is 18.3 Å². The van der Waals surface area contributed by atoms with Gasteiger partial charge in [0.25, 0.3) is 5.91 Å². The average Bonchev–Trinajstić information content (AvgIpc) is 2.35. The standard InChI is InChI=1S/C12H17N3O3/c1-8(12(17)18)15(4)9-5-6-13-10(7-9)11(16)14(2)3/h5-8H,1-4H3,(H,17,18). The number of hydrogen-bond donors (Lipinski definition) is 1. The second-order valence-electron chi connectivity index (χ2n) is 4.22. The van der Waals surface area contributed by atoms with Crippen LogP contribution in [0.1, 0.15) is 17.4 Å². The molecular weight excluding hydrogens is 234 g/mol. The molecule has 6 heteroatoms. The number of hydrogen-bond acceptors (Lipinski definition) is 4. The third-order valence-electron chi connectivity index (χ3n) is 2.71. The first kappa shape index (κ1) is 14.0. The van der Waals surface area contributed by atoms with E-state index in [-0.39, 0.29) is 5.91 Å². The zero-order valence-corrected chi connectivity index (χ0v) is 10.9. The van der Waals surface area contributed by atoms with Crippen molar-refractivity contribution in [2.75, 3.05) is 26.0 Å².